The van der Waals surface area contributed by atoms with Gasteiger partial charge in [-0.3, -0.25) is 4.79 Å². The predicted octanol–water partition coefficient (Wildman–Crippen LogP) is 3.87. The lowest BCUT2D eigenvalue weighted by Crippen LogP contribution is -2.29. The summed E-state index contributed by atoms with van der Waals surface area (Å²) >= 11 is 0. The van der Waals surface area contributed by atoms with E-state index in [9.17, 15) is 9.59 Å². The van der Waals surface area contributed by atoms with Crippen molar-refractivity contribution in [1.82, 2.24) is 5.32 Å². The number of aryl methyl sites for hydroxylation is 2. The minimum absolute atomic E-state index is 0.0737. The Hall–Kier alpha value is -3.08. The molecule has 1 aromatic heterocycles. The van der Waals surface area contributed by atoms with Crippen LogP contribution in [0.1, 0.15) is 30.9 Å². The Labute approximate surface area is 164 Å². The van der Waals surface area contributed by atoms with E-state index < -0.39 is 0 Å². The summed E-state index contributed by atoms with van der Waals surface area (Å²) < 4.78 is 10.8. The molecule has 5 heteroatoms. The molecule has 146 valence electrons. The van der Waals surface area contributed by atoms with Gasteiger partial charge in [0.1, 0.15) is 11.3 Å². The van der Waals surface area contributed by atoms with E-state index in [0.29, 0.717) is 17.9 Å². The molecule has 2 aromatic carbocycles. The van der Waals surface area contributed by atoms with Crippen LogP contribution in [0, 0.1) is 0 Å². The molecule has 0 aliphatic rings. The Morgan fingerprint density at radius 1 is 1.07 bits per heavy atom. The Bertz CT molecular complexity index is 979. The first-order valence-corrected chi connectivity index (χ1v) is 9.66. The summed E-state index contributed by atoms with van der Waals surface area (Å²) in [6.45, 7) is 2.59. The second-order valence-electron chi connectivity index (χ2n) is 6.73. The van der Waals surface area contributed by atoms with Gasteiger partial charge in [-0.25, -0.2) is 4.79 Å². The molecule has 1 heterocycles. The van der Waals surface area contributed by atoms with Gasteiger partial charge in [-0.15, -0.1) is 0 Å². The first-order valence-electron chi connectivity index (χ1n) is 9.66. The zero-order valence-corrected chi connectivity index (χ0v) is 16.1. The Kier molecular flexibility index (Phi) is 6.84. The van der Waals surface area contributed by atoms with Gasteiger partial charge in [0.2, 0.25) is 0 Å². The van der Waals surface area contributed by atoms with Gasteiger partial charge in [0, 0.05) is 24.1 Å². The maximum Gasteiger partial charge on any atom is 0.336 e. The fraction of sp³-hybridized carbons (Fsp3) is 0.304. The summed E-state index contributed by atoms with van der Waals surface area (Å²) in [4.78, 5) is 23.7. The van der Waals surface area contributed by atoms with Crippen LogP contribution in [0.15, 0.2) is 63.8 Å². The van der Waals surface area contributed by atoms with Crippen molar-refractivity contribution in [3.05, 3.63) is 76.1 Å². The first-order chi connectivity index (χ1) is 13.7. The number of amides is 1. The predicted molar refractivity (Wildman–Crippen MR) is 110 cm³/mol. The van der Waals surface area contributed by atoms with Crippen LogP contribution in [0.2, 0.25) is 0 Å². The number of carbonyl (C=O) groups excluding carboxylic acids is 1. The molecular formula is C23H25NO4. The van der Waals surface area contributed by atoms with Crippen LogP contribution in [0.4, 0.5) is 0 Å². The number of fused-ring (bicyclic) bond motifs is 1. The monoisotopic (exact) mass is 379 g/mol. The van der Waals surface area contributed by atoms with Crippen molar-refractivity contribution >= 4 is 16.9 Å². The molecule has 1 amide bonds. The van der Waals surface area contributed by atoms with Crippen molar-refractivity contribution < 1.29 is 13.9 Å². The smallest absolute Gasteiger partial charge is 0.336 e. The standard InChI is InChI=1S/C23H25NO4/c1-2-7-18-14-23(26)28-21-15-19(11-12-20(18)21)27-16-22(25)24-13-6-10-17-8-4-3-5-9-17/h3-5,8-9,11-12,14-15H,2,6-7,10,13,16H2,1H3,(H,24,25). The Balaban J connectivity index is 1.50. The second kappa shape index (κ2) is 9.74. The molecule has 0 saturated heterocycles. The van der Waals surface area contributed by atoms with Gasteiger partial charge in [-0.05, 0) is 42.5 Å². The molecule has 0 radical (unpaired) electrons. The molecule has 3 rings (SSSR count). The van der Waals surface area contributed by atoms with Crippen molar-refractivity contribution in [2.24, 2.45) is 0 Å². The molecule has 1 N–H and O–H groups in total. The maximum absolute atomic E-state index is 12.0. The van der Waals surface area contributed by atoms with E-state index in [0.717, 1.165) is 36.6 Å². The van der Waals surface area contributed by atoms with E-state index in [-0.39, 0.29) is 18.1 Å². The minimum Gasteiger partial charge on any atom is -0.484 e. The van der Waals surface area contributed by atoms with Gasteiger partial charge in [0.05, 0.1) is 0 Å². The summed E-state index contributed by atoms with van der Waals surface area (Å²) in [5.74, 6) is 0.332. The first kappa shape index (κ1) is 19.7. The molecule has 0 spiro atoms. The zero-order chi connectivity index (χ0) is 19.8. The highest BCUT2D eigenvalue weighted by atomic mass is 16.5. The number of rotatable bonds is 9. The normalized spacial score (nSPS) is 10.8. The molecule has 0 saturated carbocycles. The molecule has 5 nitrogen and oxygen atoms in total. The number of hydrogen-bond acceptors (Lipinski definition) is 4. The molecule has 0 unspecified atom stereocenters. The van der Waals surface area contributed by atoms with Crippen LogP contribution in [-0.2, 0) is 17.6 Å². The average Bonchev–Trinajstić information content (AvgIpc) is 2.70. The topological polar surface area (TPSA) is 68.5 Å². The highest BCUT2D eigenvalue weighted by Gasteiger charge is 2.08. The highest BCUT2D eigenvalue weighted by molar-refractivity contribution is 5.82. The maximum atomic E-state index is 12.0. The average molecular weight is 379 g/mol. The number of carbonyl (C=O) groups is 1. The lowest BCUT2D eigenvalue weighted by molar-refractivity contribution is -0.123. The van der Waals surface area contributed by atoms with Crippen molar-refractivity contribution in [3.63, 3.8) is 0 Å². The van der Waals surface area contributed by atoms with E-state index in [4.69, 9.17) is 9.15 Å². The molecular weight excluding hydrogens is 354 g/mol. The number of benzene rings is 2. The third-order valence-electron chi connectivity index (χ3n) is 4.50. The quantitative estimate of drug-likeness (QED) is 0.453. The highest BCUT2D eigenvalue weighted by Crippen LogP contribution is 2.23. The summed E-state index contributed by atoms with van der Waals surface area (Å²) in [5.41, 5.74) is 2.34. The molecule has 0 aliphatic heterocycles. The van der Waals surface area contributed by atoms with Gasteiger partial charge < -0.3 is 14.5 Å². The summed E-state index contributed by atoms with van der Waals surface area (Å²) in [7, 11) is 0. The van der Waals surface area contributed by atoms with Crippen LogP contribution < -0.4 is 15.7 Å². The SMILES string of the molecule is CCCc1cc(=O)oc2cc(OCC(=O)NCCCc3ccccc3)ccc12. The van der Waals surface area contributed by atoms with E-state index >= 15 is 0 Å². The Morgan fingerprint density at radius 2 is 1.89 bits per heavy atom. The number of hydrogen-bond donors (Lipinski definition) is 1. The third kappa shape index (κ3) is 5.46. The van der Waals surface area contributed by atoms with Crippen molar-refractivity contribution in [2.45, 2.75) is 32.6 Å². The largest absolute Gasteiger partial charge is 0.484 e. The van der Waals surface area contributed by atoms with Crippen molar-refractivity contribution in [3.8, 4) is 5.75 Å². The lowest BCUT2D eigenvalue weighted by atomic mass is 10.1. The third-order valence-corrected chi connectivity index (χ3v) is 4.50. The van der Waals surface area contributed by atoms with Gasteiger partial charge in [-0.1, -0.05) is 43.7 Å². The molecule has 0 fully saturated rings. The van der Waals surface area contributed by atoms with Crippen LogP contribution in [0.5, 0.6) is 5.75 Å². The van der Waals surface area contributed by atoms with Crippen LogP contribution in [-0.4, -0.2) is 19.1 Å². The fourth-order valence-corrected chi connectivity index (χ4v) is 3.14. The van der Waals surface area contributed by atoms with Gasteiger partial charge >= 0.3 is 5.63 Å². The zero-order valence-electron chi connectivity index (χ0n) is 16.1. The van der Waals surface area contributed by atoms with Crippen LogP contribution in [0.3, 0.4) is 0 Å². The van der Waals surface area contributed by atoms with Gasteiger partial charge in [0.15, 0.2) is 6.61 Å². The lowest BCUT2D eigenvalue weighted by Gasteiger charge is -2.09. The van der Waals surface area contributed by atoms with E-state index in [1.807, 2.05) is 24.3 Å². The number of nitrogens with one attached hydrogen (secondary N) is 1. The Morgan fingerprint density at radius 3 is 2.68 bits per heavy atom. The summed E-state index contributed by atoms with van der Waals surface area (Å²) in [5, 5.41) is 3.76. The van der Waals surface area contributed by atoms with Gasteiger partial charge in [-0.2, -0.15) is 0 Å². The molecule has 0 bridgehead atoms. The van der Waals surface area contributed by atoms with Crippen LogP contribution >= 0.6 is 0 Å². The van der Waals surface area contributed by atoms with Crippen molar-refractivity contribution in [1.29, 1.82) is 0 Å². The van der Waals surface area contributed by atoms with E-state index in [1.54, 1.807) is 12.1 Å². The van der Waals surface area contributed by atoms with Crippen molar-refractivity contribution in [2.75, 3.05) is 13.2 Å². The molecule has 0 aliphatic carbocycles. The molecule has 0 atom stereocenters. The van der Waals surface area contributed by atoms with E-state index in [1.165, 1.54) is 11.6 Å². The summed E-state index contributed by atoms with van der Waals surface area (Å²) in [6, 6.07) is 17.0. The van der Waals surface area contributed by atoms with Gasteiger partial charge in [0.25, 0.3) is 5.91 Å². The molecule has 28 heavy (non-hydrogen) atoms. The summed E-state index contributed by atoms with van der Waals surface area (Å²) in [6.07, 6.45) is 3.55. The second-order valence-corrected chi connectivity index (χ2v) is 6.73. The fourth-order valence-electron chi connectivity index (χ4n) is 3.14. The van der Waals surface area contributed by atoms with E-state index in [2.05, 4.69) is 24.4 Å². The molecule has 3 aromatic rings. The number of ether oxygens (including phenoxy) is 1. The minimum atomic E-state index is -0.371. The van der Waals surface area contributed by atoms with Crippen LogP contribution in [0.25, 0.3) is 11.0 Å².